The highest BCUT2D eigenvalue weighted by Gasteiger charge is 2.46. The van der Waals surface area contributed by atoms with Crippen molar-refractivity contribution in [3.05, 3.63) is 0 Å². The molecule has 0 radical (unpaired) electrons. The minimum Gasteiger partial charge on any atom is -0.357 e. The van der Waals surface area contributed by atoms with Crippen molar-refractivity contribution in [2.45, 2.75) is 84.1 Å². The molecule has 30 heavy (non-hydrogen) atoms. The summed E-state index contributed by atoms with van der Waals surface area (Å²) in [5.41, 5.74) is 10.2. The lowest BCUT2D eigenvalue weighted by molar-refractivity contribution is -0.137. The van der Waals surface area contributed by atoms with Crippen molar-refractivity contribution in [1.29, 1.82) is 0 Å². The molecule has 0 aliphatic carbocycles. The SMILES string of the molecule is CCOP(=O)(OCC)[C@@H](CC)N[C@@H](CC(C)C)C(=O)[C@@](N)(CCCCN)C(=O)NC. The van der Waals surface area contributed by atoms with Gasteiger partial charge in [0.25, 0.3) is 0 Å². The van der Waals surface area contributed by atoms with Gasteiger partial charge in [0.2, 0.25) is 5.91 Å². The Labute approximate surface area is 181 Å². The summed E-state index contributed by atoms with van der Waals surface area (Å²) in [7, 11) is -2.04. The normalized spacial score (nSPS) is 16.2. The molecule has 0 bridgehead atoms. The summed E-state index contributed by atoms with van der Waals surface area (Å²) in [6.45, 7) is 10.2. The monoisotopic (exact) mass is 450 g/mol. The summed E-state index contributed by atoms with van der Waals surface area (Å²) >= 11 is 0. The Balaban J connectivity index is 5.93. The lowest BCUT2D eigenvalue weighted by Crippen LogP contribution is -2.64. The number of likely N-dealkylation sites (N-methyl/N-ethyl adjacent to an activating group) is 1. The average molecular weight is 451 g/mol. The van der Waals surface area contributed by atoms with Crippen molar-refractivity contribution in [1.82, 2.24) is 10.6 Å². The Kier molecular flexibility index (Phi) is 13.9. The van der Waals surface area contributed by atoms with Crippen molar-refractivity contribution in [3.8, 4) is 0 Å². The van der Waals surface area contributed by atoms with Gasteiger partial charge in [-0.2, -0.15) is 0 Å². The van der Waals surface area contributed by atoms with Crippen LogP contribution in [0.4, 0.5) is 0 Å². The van der Waals surface area contributed by atoms with E-state index < -0.39 is 36.6 Å². The molecule has 0 aromatic heterocycles. The van der Waals surface area contributed by atoms with Crippen molar-refractivity contribution in [2.75, 3.05) is 26.8 Å². The molecule has 0 rings (SSSR count). The van der Waals surface area contributed by atoms with E-state index in [2.05, 4.69) is 10.6 Å². The number of rotatable bonds is 17. The molecule has 0 aromatic rings. The highest BCUT2D eigenvalue weighted by Crippen LogP contribution is 2.53. The van der Waals surface area contributed by atoms with Gasteiger partial charge in [-0.25, -0.2) is 0 Å². The first-order valence-electron chi connectivity index (χ1n) is 11.0. The van der Waals surface area contributed by atoms with Crippen LogP contribution in [0.5, 0.6) is 0 Å². The zero-order valence-corrected chi connectivity index (χ0v) is 20.4. The molecule has 178 valence electrons. The number of nitrogens with one attached hydrogen (secondary N) is 2. The summed E-state index contributed by atoms with van der Waals surface area (Å²) in [6, 6.07) is -0.774. The van der Waals surface area contributed by atoms with Crippen LogP contribution in [0.2, 0.25) is 0 Å². The number of unbranched alkanes of at least 4 members (excludes halogenated alkanes) is 1. The summed E-state index contributed by atoms with van der Waals surface area (Å²) in [6.07, 6.45) is 2.25. The number of ketones is 1. The third-order valence-corrected chi connectivity index (χ3v) is 7.41. The minimum absolute atomic E-state index is 0.139. The first kappa shape index (κ1) is 29.2. The second kappa shape index (κ2) is 14.3. The van der Waals surface area contributed by atoms with Crippen LogP contribution in [-0.4, -0.2) is 55.9 Å². The number of amides is 1. The van der Waals surface area contributed by atoms with Crippen LogP contribution < -0.4 is 22.1 Å². The number of hydrogen-bond donors (Lipinski definition) is 4. The van der Waals surface area contributed by atoms with Gasteiger partial charge in [-0.15, -0.1) is 0 Å². The van der Waals surface area contributed by atoms with E-state index in [-0.39, 0.29) is 25.6 Å². The van der Waals surface area contributed by atoms with Gasteiger partial charge in [0.15, 0.2) is 11.3 Å². The first-order valence-corrected chi connectivity index (χ1v) is 12.6. The number of hydrogen-bond acceptors (Lipinski definition) is 8. The van der Waals surface area contributed by atoms with E-state index in [0.717, 1.165) is 0 Å². The van der Waals surface area contributed by atoms with Crippen LogP contribution >= 0.6 is 7.60 Å². The highest BCUT2D eigenvalue weighted by atomic mass is 31.2. The Bertz CT molecular complexity index is 565. The Morgan fingerprint density at radius 2 is 1.67 bits per heavy atom. The fourth-order valence-electron chi connectivity index (χ4n) is 3.40. The molecular weight excluding hydrogens is 407 g/mol. The van der Waals surface area contributed by atoms with Crippen LogP contribution in [0.15, 0.2) is 0 Å². The van der Waals surface area contributed by atoms with Crippen LogP contribution in [0, 0.1) is 5.92 Å². The lowest BCUT2D eigenvalue weighted by atomic mass is 9.82. The fourth-order valence-corrected chi connectivity index (χ4v) is 5.36. The van der Waals surface area contributed by atoms with E-state index in [1.165, 1.54) is 7.05 Å². The van der Waals surface area contributed by atoms with Crippen LogP contribution in [-0.2, 0) is 23.2 Å². The zero-order valence-electron chi connectivity index (χ0n) is 19.5. The maximum atomic E-state index is 13.5. The van der Waals surface area contributed by atoms with Gasteiger partial charge in [0, 0.05) is 7.05 Å². The molecule has 0 saturated carbocycles. The maximum absolute atomic E-state index is 13.5. The molecular formula is C20H43N4O5P. The third-order valence-electron chi connectivity index (χ3n) is 4.90. The number of Topliss-reactive ketones (excluding diaryl/α,β-unsaturated/α-hetero) is 1. The molecule has 9 nitrogen and oxygen atoms in total. The molecule has 0 spiro atoms. The molecule has 0 saturated heterocycles. The quantitative estimate of drug-likeness (QED) is 0.150. The molecule has 10 heteroatoms. The predicted octanol–water partition coefficient (Wildman–Crippen LogP) is 2.13. The lowest BCUT2D eigenvalue weighted by Gasteiger charge is -2.35. The molecule has 0 heterocycles. The Morgan fingerprint density at radius 1 is 1.10 bits per heavy atom. The molecule has 0 aliphatic rings. The van der Waals surface area contributed by atoms with Gasteiger partial charge in [-0.05, 0) is 58.4 Å². The van der Waals surface area contributed by atoms with E-state index in [9.17, 15) is 14.2 Å². The van der Waals surface area contributed by atoms with Crippen LogP contribution in [0.1, 0.15) is 66.7 Å². The molecule has 0 aliphatic heterocycles. The van der Waals surface area contributed by atoms with Crippen molar-refractivity contribution >= 4 is 19.3 Å². The van der Waals surface area contributed by atoms with Crippen LogP contribution in [0.3, 0.4) is 0 Å². The molecule has 3 atom stereocenters. The van der Waals surface area contributed by atoms with E-state index in [4.69, 9.17) is 20.5 Å². The van der Waals surface area contributed by atoms with E-state index in [1.54, 1.807) is 13.8 Å². The van der Waals surface area contributed by atoms with Crippen molar-refractivity contribution in [2.24, 2.45) is 17.4 Å². The molecule has 0 aromatic carbocycles. The Morgan fingerprint density at radius 3 is 2.07 bits per heavy atom. The molecule has 6 N–H and O–H groups in total. The average Bonchev–Trinajstić information content (AvgIpc) is 2.69. The van der Waals surface area contributed by atoms with Gasteiger partial charge in [0.05, 0.1) is 19.3 Å². The van der Waals surface area contributed by atoms with Gasteiger partial charge >= 0.3 is 7.60 Å². The van der Waals surface area contributed by atoms with Crippen LogP contribution in [0.25, 0.3) is 0 Å². The number of nitrogens with two attached hydrogens (primary N) is 2. The summed E-state index contributed by atoms with van der Waals surface area (Å²) < 4.78 is 24.3. The van der Waals surface area contributed by atoms with E-state index in [1.807, 2.05) is 20.8 Å². The molecule has 1 amide bonds. The zero-order chi connectivity index (χ0) is 23.4. The van der Waals surface area contributed by atoms with E-state index in [0.29, 0.717) is 32.2 Å². The summed E-state index contributed by atoms with van der Waals surface area (Å²) in [4.78, 5) is 26.1. The first-order chi connectivity index (χ1) is 14.1. The Hall–Kier alpha value is -0.830. The topological polar surface area (TPSA) is 146 Å². The second-order valence-corrected chi connectivity index (χ2v) is 10.0. The highest BCUT2D eigenvalue weighted by molar-refractivity contribution is 7.54. The van der Waals surface area contributed by atoms with Gasteiger partial charge < -0.3 is 25.8 Å². The number of carbonyl (C=O) groups is 2. The van der Waals surface area contributed by atoms with E-state index >= 15 is 0 Å². The smallest absolute Gasteiger partial charge is 0.347 e. The third kappa shape index (κ3) is 8.36. The van der Waals surface area contributed by atoms with Crippen molar-refractivity contribution < 1.29 is 23.2 Å². The summed E-state index contributed by atoms with van der Waals surface area (Å²) in [5, 5.41) is 5.68. The largest absolute Gasteiger partial charge is 0.357 e. The predicted molar refractivity (Wildman–Crippen MR) is 120 cm³/mol. The number of carbonyl (C=O) groups excluding carboxylic acids is 2. The molecule has 0 unspecified atom stereocenters. The molecule has 0 fully saturated rings. The van der Waals surface area contributed by atoms with Gasteiger partial charge in [-0.3, -0.25) is 19.5 Å². The standard InChI is InChI=1S/C20H43N4O5P/c1-7-17(30(27,28-8-2)29-9-3)24-16(14-15(4)5)18(25)20(22,19(26)23-6)12-10-11-13-21/h15-17,24H,7-14,21-22H2,1-6H3,(H,23,26)/t16-,17-,20-/m0/s1. The van der Waals surface area contributed by atoms with Gasteiger partial charge in [0.1, 0.15) is 5.78 Å². The minimum atomic E-state index is -3.50. The fraction of sp³-hybridized carbons (Fsp3) is 0.900. The van der Waals surface area contributed by atoms with Crippen molar-refractivity contribution in [3.63, 3.8) is 0 Å². The summed E-state index contributed by atoms with van der Waals surface area (Å²) in [5.74, 6) is -1.51. The van der Waals surface area contributed by atoms with Gasteiger partial charge in [-0.1, -0.05) is 20.8 Å². The second-order valence-electron chi connectivity index (χ2n) is 7.81. The maximum Gasteiger partial charge on any atom is 0.347 e.